The van der Waals surface area contributed by atoms with E-state index < -0.39 is 0 Å². The number of carbonyl (C=O) groups is 1. The van der Waals surface area contributed by atoms with Gasteiger partial charge in [0.15, 0.2) is 0 Å². The number of amides is 1. The van der Waals surface area contributed by atoms with Gasteiger partial charge in [-0.05, 0) is 36.4 Å². The van der Waals surface area contributed by atoms with Crippen LogP contribution in [0.1, 0.15) is 10.4 Å². The fourth-order valence-corrected chi connectivity index (χ4v) is 1.89. The molecule has 0 unspecified atom stereocenters. The van der Waals surface area contributed by atoms with E-state index in [2.05, 4.69) is 5.32 Å². The molecule has 0 aliphatic rings. The molecule has 0 heterocycles. The molecule has 2 aromatic carbocycles. The van der Waals surface area contributed by atoms with Crippen LogP contribution in [0.25, 0.3) is 0 Å². The van der Waals surface area contributed by atoms with Crippen molar-refractivity contribution < 1.29 is 14.3 Å². The second kappa shape index (κ2) is 7.47. The molecule has 0 fully saturated rings. The third kappa shape index (κ3) is 4.23. The molecule has 0 saturated carbocycles. The van der Waals surface area contributed by atoms with Crippen LogP contribution >= 0.6 is 11.6 Å². The number of halogens is 1. The summed E-state index contributed by atoms with van der Waals surface area (Å²) in [7, 11) is 1.55. The Morgan fingerprint density at radius 2 is 1.86 bits per heavy atom. The van der Waals surface area contributed by atoms with Crippen LogP contribution in [0, 0.1) is 5.41 Å². The van der Waals surface area contributed by atoms with Gasteiger partial charge >= 0.3 is 0 Å². The number of nitrogens with one attached hydrogen (secondary N) is 2. The van der Waals surface area contributed by atoms with E-state index in [1.54, 1.807) is 55.6 Å². The molecule has 2 rings (SSSR count). The first-order valence-electron chi connectivity index (χ1n) is 6.50. The monoisotopic (exact) mass is 318 g/mol. The van der Waals surface area contributed by atoms with Crippen molar-refractivity contribution in [1.82, 2.24) is 5.32 Å². The molecule has 2 N–H and O–H groups in total. The number of carbonyl (C=O) groups excluding carboxylic acids is 1. The number of para-hydroxylation sites is 1. The van der Waals surface area contributed by atoms with Gasteiger partial charge in [0.05, 0.1) is 12.1 Å². The highest BCUT2D eigenvalue weighted by atomic mass is 35.5. The molecule has 114 valence electrons. The van der Waals surface area contributed by atoms with Crippen LogP contribution < -0.4 is 14.8 Å². The summed E-state index contributed by atoms with van der Waals surface area (Å²) in [5.74, 6) is 0.692. The van der Waals surface area contributed by atoms with Gasteiger partial charge in [0.1, 0.15) is 23.9 Å². The Hall–Kier alpha value is -2.53. The van der Waals surface area contributed by atoms with Crippen LogP contribution in [0.15, 0.2) is 48.5 Å². The Labute approximate surface area is 133 Å². The van der Waals surface area contributed by atoms with Crippen molar-refractivity contribution in [2.24, 2.45) is 0 Å². The number of ether oxygens (including phenoxy) is 2. The number of rotatable bonds is 5. The lowest BCUT2D eigenvalue weighted by atomic mass is 10.2. The van der Waals surface area contributed by atoms with E-state index in [4.69, 9.17) is 26.5 Å². The lowest BCUT2D eigenvalue weighted by Crippen LogP contribution is -2.33. The summed E-state index contributed by atoms with van der Waals surface area (Å²) < 4.78 is 10.4. The summed E-state index contributed by atoms with van der Waals surface area (Å²) in [6, 6.07) is 13.5. The topological polar surface area (TPSA) is 71.4 Å². The molecule has 5 nitrogen and oxygen atoms in total. The number of hydrogen-bond donors (Lipinski definition) is 2. The second-order valence-corrected chi connectivity index (χ2v) is 4.79. The van der Waals surface area contributed by atoms with E-state index in [1.807, 2.05) is 0 Å². The van der Waals surface area contributed by atoms with Gasteiger partial charge in [-0.15, -0.1) is 0 Å². The normalized spacial score (nSPS) is 9.91. The van der Waals surface area contributed by atoms with Gasteiger partial charge in [-0.2, -0.15) is 0 Å². The Kier molecular flexibility index (Phi) is 5.38. The minimum Gasteiger partial charge on any atom is -0.497 e. The number of hydrogen-bond acceptors (Lipinski definition) is 4. The quantitative estimate of drug-likeness (QED) is 0.657. The zero-order valence-corrected chi connectivity index (χ0v) is 12.7. The van der Waals surface area contributed by atoms with E-state index in [-0.39, 0.29) is 18.3 Å². The van der Waals surface area contributed by atoms with Crippen LogP contribution in [-0.4, -0.2) is 25.5 Å². The lowest BCUT2D eigenvalue weighted by Gasteiger charge is -2.10. The van der Waals surface area contributed by atoms with Crippen molar-refractivity contribution in [1.29, 1.82) is 5.41 Å². The van der Waals surface area contributed by atoms with E-state index >= 15 is 0 Å². The third-order valence-electron chi connectivity index (χ3n) is 2.83. The van der Waals surface area contributed by atoms with E-state index in [0.717, 1.165) is 0 Å². The van der Waals surface area contributed by atoms with Crippen LogP contribution in [-0.2, 0) is 0 Å². The average Bonchev–Trinajstić information content (AvgIpc) is 2.54. The molecule has 0 atom stereocenters. The summed E-state index contributed by atoms with van der Waals surface area (Å²) in [5, 5.41) is 10.7. The maximum Gasteiger partial charge on any atom is 0.256 e. The van der Waals surface area contributed by atoms with Gasteiger partial charge in [0, 0.05) is 5.56 Å². The minimum absolute atomic E-state index is 0.0549. The molecule has 2 aromatic rings. The summed E-state index contributed by atoms with van der Waals surface area (Å²) in [6.07, 6.45) is 0. The van der Waals surface area contributed by atoms with Crippen LogP contribution in [0.2, 0.25) is 5.02 Å². The van der Waals surface area contributed by atoms with Crippen molar-refractivity contribution in [2.45, 2.75) is 0 Å². The van der Waals surface area contributed by atoms with E-state index in [1.165, 1.54) is 0 Å². The second-order valence-electron chi connectivity index (χ2n) is 4.38. The molecule has 6 heteroatoms. The third-order valence-corrected chi connectivity index (χ3v) is 3.14. The van der Waals surface area contributed by atoms with Gasteiger partial charge in [-0.1, -0.05) is 23.7 Å². The van der Waals surface area contributed by atoms with Crippen molar-refractivity contribution in [3.05, 3.63) is 59.1 Å². The predicted octanol–water partition coefficient (Wildman–Crippen LogP) is 3.13. The summed E-state index contributed by atoms with van der Waals surface area (Å²) in [6.45, 7) is -0.0777. The van der Waals surface area contributed by atoms with Crippen molar-refractivity contribution in [3.8, 4) is 11.5 Å². The first-order chi connectivity index (χ1) is 10.6. The van der Waals surface area contributed by atoms with E-state index in [9.17, 15) is 4.79 Å². The van der Waals surface area contributed by atoms with Crippen molar-refractivity contribution in [2.75, 3.05) is 13.7 Å². The molecule has 0 aliphatic carbocycles. The Morgan fingerprint density at radius 3 is 2.50 bits per heavy atom. The highest BCUT2D eigenvalue weighted by Gasteiger charge is 2.09. The molecule has 0 radical (unpaired) electrons. The standard InChI is InChI=1S/C16H15ClN2O3/c1-21-12-8-6-11(7-9-12)16(20)19-15(18)10-22-14-5-3-2-4-13(14)17/h2-9H,10H2,1H3,(H2,18,19,20). The largest absolute Gasteiger partial charge is 0.497 e. The van der Waals surface area contributed by atoms with Crippen LogP contribution in [0.4, 0.5) is 0 Å². The van der Waals surface area contributed by atoms with Gasteiger partial charge in [0.2, 0.25) is 0 Å². The van der Waals surface area contributed by atoms with Crippen molar-refractivity contribution >= 4 is 23.3 Å². The molecule has 0 aliphatic heterocycles. The average molecular weight is 319 g/mol. The zero-order valence-electron chi connectivity index (χ0n) is 11.9. The first kappa shape index (κ1) is 15.9. The van der Waals surface area contributed by atoms with Crippen LogP contribution in [0.3, 0.4) is 0 Å². The Morgan fingerprint density at radius 1 is 1.18 bits per heavy atom. The van der Waals surface area contributed by atoms with Crippen LogP contribution in [0.5, 0.6) is 11.5 Å². The fraction of sp³-hybridized carbons (Fsp3) is 0.125. The Balaban J connectivity index is 1.88. The molecular weight excluding hydrogens is 304 g/mol. The van der Waals surface area contributed by atoms with Gasteiger partial charge in [-0.25, -0.2) is 0 Å². The van der Waals surface area contributed by atoms with Crippen molar-refractivity contribution in [3.63, 3.8) is 0 Å². The lowest BCUT2D eigenvalue weighted by molar-refractivity contribution is 0.0975. The smallest absolute Gasteiger partial charge is 0.256 e. The van der Waals surface area contributed by atoms with E-state index in [0.29, 0.717) is 22.1 Å². The molecule has 1 amide bonds. The maximum absolute atomic E-state index is 12.0. The SMILES string of the molecule is COc1ccc(C(=O)NC(=N)COc2ccccc2Cl)cc1. The molecule has 0 saturated heterocycles. The summed E-state index contributed by atoms with van der Waals surface area (Å²) in [4.78, 5) is 12.0. The fourth-order valence-electron chi connectivity index (χ4n) is 1.70. The number of benzene rings is 2. The molecule has 0 spiro atoms. The number of amidine groups is 1. The molecular formula is C16H15ClN2O3. The predicted molar refractivity (Wildman–Crippen MR) is 85.1 cm³/mol. The van der Waals surface area contributed by atoms with Gasteiger partial charge in [-0.3, -0.25) is 10.2 Å². The highest BCUT2D eigenvalue weighted by molar-refractivity contribution is 6.32. The first-order valence-corrected chi connectivity index (χ1v) is 6.88. The Bertz CT molecular complexity index is 671. The number of methoxy groups -OCH3 is 1. The van der Waals surface area contributed by atoms with Gasteiger partial charge < -0.3 is 14.8 Å². The minimum atomic E-state index is -0.379. The maximum atomic E-state index is 12.0. The summed E-state index contributed by atoms with van der Waals surface area (Å²) >= 11 is 5.94. The summed E-state index contributed by atoms with van der Waals surface area (Å²) in [5.41, 5.74) is 0.434. The zero-order chi connectivity index (χ0) is 15.9. The molecule has 0 aromatic heterocycles. The van der Waals surface area contributed by atoms with Gasteiger partial charge in [0.25, 0.3) is 5.91 Å². The highest BCUT2D eigenvalue weighted by Crippen LogP contribution is 2.22. The molecule has 0 bridgehead atoms. The molecule has 22 heavy (non-hydrogen) atoms.